The van der Waals surface area contributed by atoms with Gasteiger partial charge in [0.05, 0.1) is 10.2 Å². The lowest BCUT2D eigenvalue weighted by Gasteiger charge is -1.96. The first-order valence-corrected chi connectivity index (χ1v) is 4.94. The molecule has 15 heavy (non-hydrogen) atoms. The monoisotopic (exact) mass is 220 g/mol. The third kappa shape index (κ3) is 1.60. The van der Waals surface area contributed by atoms with Gasteiger partial charge >= 0.3 is 0 Å². The zero-order chi connectivity index (χ0) is 11.0. The molecular weight excluding hydrogens is 215 g/mol. The van der Waals surface area contributed by atoms with Gasteiger partial charge in [-0.15, -0.1) is 11.3 Å². The smallest absolute Gasteiger partial charge is 0.195 e. The average molecular weight is 220 g/mol. The zero-order valence-electron chi connectivity index (χ0n) is 7.74. The SMILES string of the molecule is CC(=O)c1cc(F)cc2sc(C#N)nc12. The second-order valence-corrected chi connectivity index (χ2v) is 4.02. The van der Waals surface area contributed by atoms with Crippen LogP contribution in [0.3, 0.4) is 0 Å². The summed E-state index contributed by atoms with van der Waals surface area (Å²) in [5.41, 5.74) is 0.633. The van der Waals surface area contributed by atoms with Crippen LogP contribution in [0.4, 0.5) is 4.39 Å². The summed E-state index contributed by atoms with van der Waals surface area (Å²) in [6.45, 7) is 1.35. The predicted octanol–water partition coefficient (Wildman–Crippen LogP) is 2.51. The molecule has 0 aliphatic heterocycles. The second-order valence-electron chi connectivity index (χ2n) is 2.99. The Labute approximate surface area is 88.8 Å². The maximum atomic E-state index is 13.1. The normalized spacial score (nSPS) is 10.2. The fourth-order valence-electron chi connectivity index (χ4n) is 1.31. The Balaban J connectivity index is 2.85. The third-order valence-electron chi connectivity index (χ3n) is 1.93. The standard InChI is InChI=1S/C10H5FN2OS/c1-5(14)7-2-6(11)3-8-10(7)13-9(4-12)15-8/h2-3H,1H3. The van der Waals surface area contributed by atoms with Crippen LogP contribution in [0.25, 0.3) is 10.2 Å². The lowest BCUT2D eigenvalue weighted by atomic mass is 10.1. The van der Waals surface area contributed by atoms with Gasteiger partial charge in [0.15, 0.2) is 10.8 Å². The van der Waals surface area contributed by atoms with Gasteiger partial charge in [0, 0.05) is 5.56 Å². The van der Waals surface area contributed by atoms with E-state index >= 15 is 0 Å². The molecule has 0 fully saturated rings. The molecule has 5 heteroatoms. The zero-order valence-corrected chi connectivity index (χ0v) is 8.56. The minimum Gasteiger partial charge on any atom is -0.294 e. The van der Waals surface area contributed by atoms with Gasteiger partial charge in [-0.05, 0) is 19.1 Å². The Kier molecular flexibility index (Phi) is 2.21. The molecule has 0 amide bonds. The highest BCUT2D eigenvalue weighted by Crippen LogP contribution is 2.26. The fraction of sp³-hybridized carbons (Fsp3) is 0.100. The number of fused-ring (bicyclic) bond motifs is 1. The fourth-order valence-corrected chi connectivity index (χ4v) is 2.13. The maximum Gasteiger partial charge on any atom is 0.195 e. The van der Waals surface area contributed by atoms with E-state index in [9.17, 15) is 9.18 Å². The lowest BCUT2D eigenvalue weighted by Crippen LogP contribution is -1.94. The van der Waals surface area contributed by atoms with Crippen LogP contribution < -0.4 is 0 Å². The molecule has 0 aliphatic carbocycles. The molecule has 3 nitrogen and oxygen atoms in total. The van der Waals surface area contributed by atoms with E-state index < -0.39 is 5.82 Å². The van der Waals surface area contributed by atoms with E-state index in [1.54, 1.807) is 0 Å². The van der Waals surface area contributed by atoms with Crippen molar-refractivity contribution in [2.45, 2.75) is 6.92 Å². The Hall–Kier alpha value is -1.80. The molecule has 0 saturated carbocycles. The summed E-state index contributed by atoms with van der Waals surface area (Å²) in [7, 11) is 0. The van der Waals surface area contributed by atoms with Crippen molar-refractivity contribution in [1.82, 2.24) is 4.98 Å². The number of carbonyl (C=O) groups is 1. The highest BCUT2D eigenvalue weighted by atomic mass is 32.1. The number of ketones is 1. The topological polar surface area (TPSA) is 53.8 Å². The molecule has 74 valence electrons. The maximum absolute atomic E-state index is 13.1. The molecule has 2 aromatic rings. The van der Waals surface area contributed by atoms with Crippen LogP contribution in [0.15, 0.2) is 12.1 Å². The molecule has 1 heterocycles. The number of carbonyl (C=O) groups excluding carboxylic acids is 1. The van der Waals surface area contributed by atoms with E-state index in [2.05, 4.69) is 4.98 Å². The Morgan fingerprint density at radius 1 is 1.60 bits per heavy atom. The van der Waals surface area contributed by atoms with Crippen molar-refractivity contribution in [3.8, 4) is 6.07 Å². The Morgan fingerprint density at radius 2 is 2.33 bits per heavy atom. The van der Waals surface area contributed by atoms with Gasteiger partial charge in [-0.25, -0.2) is 9.37 Å². The van der Waals surface area contributed by atoms with Crippen LogP contribution in [0.1, 0.15) is 22.3 Å². The summed E-state index contributed by atoms with van der Waals surface area (Å²) in [4.78, 5) is 15.2. The minimum absolute atomic E-state index is 0.225. The van der Waals surface area contributed by atoms with Gasteiger partial charge in [0.1, 0.15) is 11.9 Å². The van der Waals surface area contributed by atoms with E-state index in [0.717, 1.165) is 17.4 Å². The molecule has 0 bridgehead atoms. The van der Waals surface area contributed by atoms with E-state index in [-0.39, 0.29) is 16.4 Å². The van der Waals surface area contributed by atoms with Gasteiger partial charge in [-0.2, -0.15) is 5.26 Å². The van der Waals surface area contributed by atoms with Crippen LogP contribution in [0.2, 0.25) is 0 Å². The van der Waals surface area contributed by atoms with E-state index in [4.69, 9.17) is 5.26 Å². The van der Waals surface area contributed by atoms with Gasteiger partial charge in [-0.3, -0.25) is 4.79 Å². The van der Waals surface area contributed by atoms with Crippen molar-refractivity contribution in [2.75, 3.05) is 0 Å². The summed E-state index contributed by atoms with van der Waals surface area (Å²) in [5, 5.41) is 8.89. The first-order chi connectivity index (χ1) is 7.11. The number of benzene rings is 1. The van der Waals surface area contributed by atoms with Gasteiger partial charge in [0.2, 0.25) is 0 Å². The summed E-state index contributed by atoms with van der Waals surface area (Å²) < 4.78 is 13.6. The molecule has 1 aromatic heterocycles. The molecule has 0 radical (unpaired) electrons. The molecule has 0 spiro atoms. The molecule has 0 atom stereocenters. The van der Waals surface area contributed by atoms with Crippen molar-refractivity contribution in [2.24, 2.45) is 0 Å². The van der Waals surface area contributed by atoms with E-state index in [1.807, 2.05) is 6.07 Å². The van der Waals surface area contributed by atoms with Crippen molar-refractivity contribution < 1.29 is 9.18 Å². The number of nitriles is 1. The predicted molar refractivity (Wildman–Crippen MR) is 54.3 cm³/mol. The summed E-state index contributed by atoms with van der Waals surface area (Å²) in [6.07, 6.45) is 0. The quantitative estimate of drug-likeness (QED) is 0.694. The molecule has 1 aromatic carbocycles. The first kappa shape index (κ1) is 9.74. The molecule has 0 saturated heterocycles. The minimum atomic E-state index is -0.485. The number of hydrogen-bond donors (Lipinski definition) is 0. The van der Waals surface area contributed by atoms with Crippen LogP contribution in [0.5, 0.6) is 0 Å². The highest BCUT2D eigenvalue weighted by Gasteiger charge is 2.13. The number of halogens is 1. The number of nitrogens with zero attached hydrogens (tertiary/aromatic N) is 2. The van der Waals surface area contributed by atoms with Crippen LogP contribution in [0, 0.1) is 17.1 Å². The number of thiazole rings is 1. The highest BCUT2D eigenvalue weighted by molar-refractivity contribution is 7.19. The molecule has 0 unspecified atom stereocenters. The van der Waals surface area contributed by atoms with Gasteiger partial charge in [-0.1, -0.05) is 0 Å². The van der Waals surface area contributed by atoms with Gasteiger partial charge in [0.25, 0.3) is 0 Å². The molecule has 0 N–H and O–H groups in total. The number of hydrogen-bond acceptors (Lipinski definition) is 4. The van der Waals surface area contributed by atoms with Crippen molar-refractivity contribution in [3.63, 3.8) is 0 Å². The van der Waals surface area contributed by atoms with E-state index in [1.165, 1.54) is 13.0 Å². The number of aromatic nitrogens is 1. The Morgan fingerprint density at radius 3 is 2.93 bits per heavy atom. The van der Waals surface area contributed by atoms with E-state index in [0.29, 0.717) is 10.2 Å². The summed E-state index contributed by atoms with van der Waals surface area (Å²) >= 11 is 1.08. The largest absolute Gasteiger partial charge is 0.294 e. The van der Waals surface area contributed by atoms with Gasteiger partial charge < -0.3 is 0 Å². The van der Waals surface area contributed by atoms with Crippen LogP contribution in [-0.4, -0.2) is 10.8 Å². The second kappa shape index (κ2) is 3.41. The summed E-state index contributed by atoms with van der Waals surface area (Å²) in [5.74, 6) is -0.741. The van der Waals surface area contributed by atoms with Crippen molar-refractivity contribution in [1.29, 1.82) is 5.26 Å². The lowest BCUT2D eigenvalue weighted by molar-refractivity contribution is 0.101. The number of Topliss-reactive ketones (excluding diaryl/α,β-unsaturated/α-hetero) is 1. The van der Waals surface area contributed by atoms with Crippen molar-refractivity contribution in [3.05, 3.63) is 28.5 Å². The van der Waals surface area contributed by atoms with Crippen LogP contribution >= 0.6 is 11.3 Å². The number of rotatable bonds is 1. The summed E-state index contributed by atoms with van der Waals surface area (Å²) in [6, 6.07) is 4.30. The average Bonchev–Trinajstić information content (AvgIpc) is 2.58. The Bertz CT molecular complexity index is 597. The molecular formula is C10H5FN2OS. The van der Waals surface area contributed by atoms with Crippen LogP contribution in [-0.2, 0) is 0 Å². The molecule has 0 aliphatic rings. The molecule has 2 rings (SSSR count). The third-order valence-corrected chi connectivity index (χ3v) is 2.84. The first-order valence-electron chi connectivity index (χ1n) is 4.13. The van der Waals surface area contributed by atoms with Crippen molar-refractivity contribution >= 4 is 27.3 Å².